The Bertz CT molecular complexity index is 749. The molecule has 0 spiro atoms. The number of carbonyl (C=O) groups is 2. The van der Waals surface area contributed by atoms with Crippen LogP contribution in [0.25, 0.3) is 0 Å². The van der Waals surface area contributed by atoms with Crippen LogP contribution in [0.15, 0.2) is 0 Å². The van der Waals surface area contributed by atoms with Crippen molar-refractivity contribution in [3.8, 4) is 0 Å². The van der Waals surface area contributed by atoms with Crippen LogP contribution < -0.4 is 0 Å². The first-order chi connectivity index (χ1) is 23.8. The van der Waals surface area contributed by atoms with Gasteiger partial charge in [-0.2, -0.15) is 0 Å². The van der Waals surface area contributed by atoms with Gasteiger partial charge in [-0.25, -0.2) is 0 Å². The van der Waals surface area contributed by atoms with Gasteiger partial charge in [-0.3, -0.25) is 14.5 Å². The zero-order valence-electron chi connectivity index (χ0n) is 34.2. The Balaban J connectivity index is 4.47. The van der Waals surface area contributed by atoms with Gasteiger partial charge in [0.05, 0.1) is 54.5 Å². The van der Waals surface area contributed by atoms with Crippen molar-refractivity contribution in [1.29, 1.82) is 0 Å². The number of likely N-dealkylation sites (N-methyl/N-ethyl adjacent to an activating group) is 2. The van der Waals surface area contributed by atoms with E-state index in [2.05, 4.69) is 53.9 Å². The normalized spacial score (nSPS) is 13.5. The van der Waals surface area contributed by atoms with Crippen molar-refractivity contribution in [1.82, 2.24) is 4.90 Å². The molecule has 9 heteroatoms. The fourth-order valence-corrected chi connectivity index (χ4v) is 6.83. The lowest BCUT2D eigenvalue weighted by Crippen LogP contribution is -2.52. The van der Waals surface area contributed by atoms with E-state index in [1.54, 1.807) is 0 Å². The van der Waals surface area contributed by atoms with Crippen molar-refractivity contribution in [2.75, 3.05) is 87.2 Å². The van der Waals surface area contributed by atoms with Crippen molar-refractivity contribution in [2.24, 2.45) is 0 Å². The lowest BCUT2D eigenvalue weighted by molar-refractivity contribution is -0.893. The van der Waals surface area contributed by atoms with E-state index in [0.717, 1.165) is 77.4 Å². The van der Waals surface area contributed by atoms with Crippen molar-refractivity contribution >= 4 is 11.9 Å². The van der Waals surface area contributed by atoms with Crippen molar-refractivity contribution in [3.05, 3.63) is 0 Å². The van der Waals surface area contributed by atoms with Crippen LogP contribution in [-0.4, -0.2) is 135 Å². The molecule has 0 aliphatic rings. The van der Waals surface area contributed by atoms with Crippen LogP contribution in [0, 0.1) is 0 Å². The van der Waals surface area contributed by atoms with Crippen LogP contribution in [0.3, 0.4) is 0 Å². The van der Waals surface area contributed by atoms with Gasteiger partial charge in [0.1, 0.15) is 25.3 Å². The largest absolute Gasteiger partial charge is 0.465 e. The maximum absolute atomic E-state index is 12.1. The van der Waals surface area contributed by atoms with E-state index in [1.165, 1.54) is 64.2 Å². The lowest BCUT2D eigenvalue weighted by Gasteiger charge is -2.36. The molecular weight excluding hydrogens is 630 g/mol. The molecule has 0 rings (SSSR count). The highest BCUT2D eigenvalue weighted by Gasteiger charge is 2.26. The first-order valence-electron chi connectivity index (χ1n) is 20.9. The molecule has 9 nitrogen and oxygen atoms in total. The number of esters is 2. The fraction of sp³-hybridized carbons (Fsp3) is 0.951. The second-order valence-corrected chi connectivity index (χ2v) is 16.3. The topological polar surface area (TPSA) is 96.3 Å². The first-order valence-corrected chi connectivity index (χ1v) is 20.9. The van der Waals surface area contributed by atoms with Gasteiger partial charge in [-0.05, 0) is 25.8 Å². The number of carbonyl (C=O) groups excluding carboxylic acids is 2. The fourth-order valence-electron chi connectivity index (χ4n) is 6.83. The van der Waals surface area contributed by atoms with Gasteiger partial charge in [0.2, 0.25) is 0 Å². The molecule has 0 amide bonds. The average Bonchev–Trinajstić information content (AvgIpc) is 3.03. The second kappa shape index (κ2) is 31.3. The molecule has 0 fully saturated rings. The molecule has 0 aliphatic carbocycles. The van der Waals surface area contributed by atoms with E-state index in [9.17, 15) is 19.8 Å². The number of hydrogen-bond acceptors (Lipinski definition) is 7. The van der Waals surface area contributed by atoms with Crippen LogP contribution in [0.1, 0.15) is 156 Å². The van der Waals surface area contributed by atoms with Crippen LogP contribution in [0.5, 0.6) is 0 Å². The van der Waals surface area contributed by atoms with Gasteiger partial charge < -0.3 is 28.7 Å². The Kier molecular flexibility index (Phi) is 30.5. The maximum Gasteiger partial charge on any atom is 0.305 e. The molecule has 0 heterocycles. The summed E-state index contributed by atoms with van der Waals surface area (Å²) in [4.78, 5) is 26.5. The summed E-state index contributed by atoms with van der Waals surface area (Å²) < 4.78 is 12.3. The van der Waals surface area contributed by atoms with Gasteiger partial charge in [0.25, 0.3) is 0 Å². The highest BCUT2D eigenvalue weighted by molar-refractivity contribution is 5.69. The van der Waals surface area contributed by atoms with Crippen molar-refractivity contribution in [2.45, 2.75) is 168 Å². The minimum atomic E-state index is -0.517. The van der Waals surface area contributed by atoms with E-state index in [-0.39, 0.29) is 11.9 Å². The SMILES string of the molecule is CCCCCCCCCC(=O)OCCC[N+](C)(C)CC(O)CN(CCCCC)CC(O)C[N+](C)(C)CCCOC(=O)CCCCCCCCC. The third kappa shape index (κ3) is 31.5. The summed E-state index contributed by atoms with van der Waals surface area (Å²) in [5, 5.41) is 22.2. The van der Waals surface area contributed by atoms with Crippen LogP contribution >= 0.6 is 0 Å². The van der Waals surface area contributed by atoms with Crippen LogP contribution in [0.2, 0.25) is 0 Å². The molecule has 0 bridgehead atoms. The van der Waals surface area contributed by atoms with Gasteiger partial charge in [-0.15, -0.1) is 0 Å². The van der Waals surface area contributed by atoms with E-state index in [1.807, 2.05) is 0 Å². The Morgan fingerprint density at radius 2 is 0.860 bits per heavy atom. The number of aliphatic hydroxyl groups is 2. The molecule has 2 atom stereocenters. The summed E-state index contributed by atoms with van der Waals surface area (Å²) in [5.41, 5.74) is 0. The Morgan fingerprint density at radius 3 is 1.24 bits per heavy atom. The van der Waals surface area contributed by atoms with E-state index >= 15 is 0 Å². The monoisotopic (exact) mass is 716 g/mol. The minimum Gasteiger partial charge on any atom is -0.465 e. The highest BCUT2D eigenvalue weighted by atomic mass is 16.5. The lowest BCUT2D eigenvalue weighted by atomic mass is 10.1. The molecule has 0 radical (unpaired) electrons. The molecular formula is C41H85N3O6+2. The molecule has 298 valence electrons. The van der Waals surface area contributed by atoms with E-state index in [0.29, 0.717) is 61.2 Å². The standard InChI is InChI=1S/C41H85N3O6/c1-8-11-14-16-18-20-22-27-40(47)49-32-25-30-43(4,5)36-38(45)34-42(29-24-13-10-3)35-39(46)37-44(6,7)31-26-33-50-41(48)28-23-21-19-17-15-12-9-2/h38-39,45-46H,8-37H2,1-7H3/q+2. The summed E-state index contributed by atoms with van der Waals surface area (Å²) in [5.74, 6) is -0.186. The number of rotatable bonds is 36. The van der Waals surface area contributed by atoms with Crippen molar-refractivity contribution in [3.63, 3.8) is 0 Å². The maximum atomic E-state index is 12.1. The van der Waals surface area contributed by atoms with E-state index < -0.39 is 12.2 Å². The number of nitrogens with zero attached hydrogens (tertiary/aromatic N) is 3. The Morgan fingerprint density at radius 1 is 0.520 bits per heavy atom. The average molecular weight is 716 g/mol. The summed E-state index contributed by atoms with van der Waals surface area (Å²) in [6.45, 7) is 12.2. The summed E-state index contributed by atoms with van der Waals surface area (Å²) in [6, 6.07) is 0. The Hall–Kier alpha value is -1.26. The summed E-state index contributed by atoms with van der Waals surface area (Å²) in [7, 11) is 8.47. The second-order valence-electron chi connectivity index (χ2n) is 16.3. The van der Waals surface area contributed by atoms with Gasteiger partial charge in [0, 0.05) is 38.8 Å². The zero-order chi connectivity index (χ0) is 37.5. The smallest absolute Gasteiger partial charge is 0.305 e. The summed E-state index contributed by atoms with van der Waals surface area (Å²) in [6.07, 6.45) is 21.5. The molecule has 0 saturated carbocycles. The molecule has 0 aromatic carbocycles. The first kappa shape index (κ1) is 48.7. The number of unbranched alkanes of at least 4 members (excludes halogenated alkanes) is 14. The van der Waals surface area contributed by atoms with Gasteiger partial charge >= 0.3 is 11.9 Å². The number of quaternary nitrogens is 2. The zero-order valence-corrected chi connectivity index (χ0v) is 34.2. The number of aliphatic hydroxyl groups excluding tert-OH is 2. The van der Waals surface area contributed by atoms with Crippen molar-refractivity contribution < 1.29 is 38.2 Å². The molecule has 0 aromatic heterocycles. The van der Waals surface area contributed by atoms with E-state index in [4.69, 9.17) is 9.47 Å². The van der Waals surface area contributed by atoms with Crippen LogP contribution in [-0.2, 0) is 19.1 Å². The summed E-state index contributed by atoms with van der Waals surface area (Å²) >= 11 is 0. The molecule has 0 saturated heterocycles. The third-order valence-electron chi connectivity index (χ3n) is 9.74. The predicted octanol–water partition coefficient (Wildman–Crippen LogP) is 7.50. The van der Waals surface area contributed by atoms with Crippen LogP contribution in [0.4, 0.5) is 0 Å². The minimum absolute atomic E-state index is 0.0931. The number of hydrogen-bond donors (Lipinski definition) is 2. The predicted molar refractivity (Wildman–Crippen MR) is 208 cm³/mol. The molecule has 0 aliphatic heterocycles. The van der Waals surface area contributed by atoms with Gasteiger partial charge in [-0.1, -0.05) is 111 Å². The molecule has 0 aromatic rings. The Labute approximate surface area is 309 Å². The molecule has 50 heavy (non-hydrogen) atoms. The molecule has 2 N–H and O–H groups in total. The number of ether oxygens (including phenoxy) is 2. The van der Waals surface area contributed by atoms with Gasteiger partial charge in [0.15, 0.2) is 0 Å². The third-order valence-corrected chi connectivity index (χ3v) is 9.74. The molecule has 2 unspecified atom stereocenters. The highest BCUT2D eigenvalue weighted by Crippen LogP contribution is 2.12. The quantitative estimate of drug-likeness (QED) is 0.0394.